The Morgan fingerprint density at radius 1 is 1.20 bits per heavy atom. The fraction of sp³-hybridized carbons (Fsp3) is 0.600. The largest absolute Gasteiger partial charge is 0.317 e. The molecule has 0 aliphatic carbocycles. The van der Waals surface area contributed by atoms with Gasteiger partial charge in [0.1, 0.15) is 0 Å². The third-order valence-electron chi connectivity index (χ3n) is 3.36. The summed E-state index contributed by atoms with van der Waals surface area (Å²) in [5.74, 6) is 0.574. The monoisotopic (exact) mass is 298 g/mol. The van der Waals surface area contributed by atoms with E-state index in [2.05, 4.69) is 19.2 Å². The molecule has 4 nitrogen and oxygen atoms in total. The van der Waals surface area contributed by atoms with Crippen LogP contribution in [0.25, 0.3) is 0 Å². The Bertz CT molecular complexity index is 524. The van der Waals surface area contributed by atoms with Crippen molar-refractivity contribution >= 4 is 10.0 Å². The molecule has 0 bridgehead atoms. The SMILES string of the molecule is CNC(Cc1ccccc1S(=O)(=O)N(C)C)CC(C)C. The lowest BCUT2D eigenvalue weighted by Gasteiger charge is -2.21. The van der Waals surface area contributed by atoms with Crippen molar-refractivity contribution in [2.24, 2.45) is 5.92 Å². The van der Waals surface area contributed by atoms with Gasteiger partial charge in [-0.2, -0.15) is 0 Å². The maximum atomic E-state index is 12.4. The molecule has 1 unspecified atom stereocenters. The van der Waals surface area contributed by atoms with Crippen LogP contribution in [-0.4, -0.2) is 39.9 Å². The van der Waals surface area contributed by atoms with Crippen LogP contribution in [-0.2, 0) is 16.4 Å². The van der Waals surface area contributed by atoms with Crippen LogP contribution in [0.5, 0.6) is 0 Å². The molecule has 1 aromatic carbocycles. The molecule has 0 spiro atoms. The Kier molecular flexibility index (Phi) is 6.17. The topological polar surface area (TPSA) is 49.4 Å². The summed E-state index contributed by atoms with van der Waals surface area (Å²) in [6, 6.07) is 7.55. The van der Waals surface area contributed by atoms with Crippen LogP contribution in [0.4, 0.5) is 0 Å². The molecule has 0 aliphatic rings. The third kappa shape index (κ3) is 4.30. The second-order valence-electron chi connectivity index (χ2n) is 5.71. The molecular weight excluding hydrogens is 272 g/mol. The summed E-state index contributed by atoms with van der Waals surface area (Å²) in [6.45, 7) is 4.35. The fourth-order valence-corrected chi connectivity index (χ4v) is 3.39. The van der Waals surface area contributed by atoms with E-state index in [-0.39, 0.29) is 6.04 Å². The fourth-order valence-electron chi connectivity index (χ4n) is 2.26. The maximum absolute atomic E-state index is 12.4. The second kappa shape index (κ2) is 7.20. The zero-order chi connectivity index (χ0) is 15.3. The van der Waals surface area contributed by atoms with Crippen LogP contribution >= 0.6 is 0 Å². The van der Waals surface area contributed by atoms with Gasteiger partial charge in [0.25, 0.3) is 0 Å². The van der Waals surface area contributed by atoms with E-state index in [4.69, 9.17) is 0 Å². The van der Waals surface area contributed by atoms with E-state index in [0.717, 1.165) is 18.4 Å². The molecular formula is C15H26N2O2S. The van der Waals surface area contributed by atoms with Gasteiger partial charge in [-0.3, -0.25) is 0 Å². The molecule has 0 radical (unpaired) electrons. The number of benzene rings is 1. The first kappa shape index (κ1) is 17.1. The normalized spacial score (nSPS) is 13.9. The highest BCUT2D eigenvalue weighted by Gasteiger charge is 2.22. The predicted octanol–water partition coefficient (Wildman–Crippen LogP) is 2.11. The highest BCUT2D eigenvalue weighted by atomic mass is 32.2. The van der Waals surface area contributed by atoms with E-state index < -0.39 is 10.0 Å². The van der Waals surface area contributed by atoms with Crippen LogP contribution < -0.4 is 5.32 Å². The molecule has 0 saturated carbocycles. The average molecular weight is 298 g/mol. The van der Waals surface area contributed by atoms with Crippen LogP contribution in [0.2, 0.25) is 0 Å². The Balaban J connectivity index is 3.08. The van der Waals surface area contributed by atoms with Crippen molar-refractivity contribution < 1.29 is 8.42 Å². The molecule has 0 heterocycles. The van der Waals surface area contributed by atoms with Crippen molar-refractivity contribution in [1.29, 1.82) is 0 Å². The summed E-state index contributed by atoms with van der Waals surface area (Å²) in [7, 11) is 1.67. The van der Waals surface area contributed by atoms with Crippen molar-refractivity contribution in [3.63, 3.8) is 0 Å². The summed E-state index contributed by atoms with van der Waals surface area (Å²) in [6.07, 6.45) is 1.74. The third-order valence-corrected chi connectivity index (χ3v) is 5.28. The first-order valence-corrected chi connectivity index (χ1v) is 8.40. The highest BCUT2D eigenvalue weighted by molar-refractivity contribution is 7.89. The van der Waals surface area contributed by atoms with Crippen LogP contribution in [0, 0.1) is 5.92 Å². The zero-order valence-electron chi connectivity index (χ0n) is 13.1. The first-order valence-electron chi connectivity index (χ1n) is 6.96. The zero-order valence-corrected chi connectivity index (χ0v) is 13.9. The Hall–Kier alpha value is -0.910. The van der Waals surface area contributed by atoms with Crippen molar-refractivity contribution in [2.75, 3.05) is 21.1 Å². The predicted molar refractivity (Wildman–Crippen MR) is 83.3 cm³/mol. The minimum atomic E-state index is -3.38. The van der Waals surface area contributed by atoms with Crippen molar-refractivity contribution in [3.8, 4) is 0 Å². The summed E-state index contributed by atoms with van der Waals surface area (Å²) in [5, 5.41) is 3.28. The molecule has 114 valence electrons. The highest BCUT2D eigenvalue weighted by Crippen LogP contribution is 2.21. The molecule has 0 saturated heterocycles. The van der Waals surface area contributed by atoms with Gasteiger partial charge >= 0.3 is 0 Å². The number of rotatable bonds is 7. The second-order valence-corrected chi connectivity index (χ2v) is 7.83. The quantitative estimate of drug-likeness (QED) is 0.839. The molecule has 20 heavy (non-hydrogen) atoms. The number of sulfonamides is 1. The van der Waals surface area contributed by atoms with E-state index in [9.17, 15) is 8.42 Å². The molecule has 0 amide bonds. The van der Waals surface area contributed by atoms with Gasteiger partial charge in [0.05, 0.1) is 4.90 Å². The van der Waals surface area contributed by atoms with E-state index in [0.29, 0.717) is 10.8 Å². The van der Waals surface area contributed by atoms with Crippen LogP contribution in [0.3, 0.4) is 0 Å². The minimum Gasteiger partial charge on any atom is -0.317 e. The van der Waals surface area contributed by atoms with Gasteiger partial charge in [-0.25, -0.2) is 12.7 Å². The standard InChI is InChI=1S/C15H26N2O2S/c1-12(2)10-14(16-3)11-13-8-6-7-9-15(13)20(18,19)17(4)5/h6-9,12,14,16H,10-11H2,1-5H3. The number of likely N-dealkylation sites (N-methyl/N-ethyl adjacent to an activating group) is 1. The molecule has 1 N–H and O–H groups in total. The lowest BCUT2D eigenvalue weighted by Crippen LogP contribution is -2.30. The summed E-state index contributed by atoms with van der Waals surface area (Å²) in [4.78, 5) is 0.411. The van der Waals surface area contributed by atoms with Crippen LogP contribution in [0.15, 0.2) is 29.2 Å². The molecule has 1 atom stereocenters. The Labute approximate surface area is 123 Å². The van der Waals surface area contributed by atoms with Gasteiger partial charge in [-0.1, -0.05) is 32.0 Å². The van der Waals surface area contributed by atoms with Crippen LogP contribution in [0.1, 0.15) is 25.8 Å². The van der Waals surface area contributed by atoms with Crippen molar-refractivity contribution in [3.05, 3.63) is 29.8 Å². The molecule has 0 aromatic heterocycles. The summed E-state index contributed by atoms with van der Waals surface area (Å²) in [5.41, 5.74) is 0.876. The van der Waals surface area contributed by atoms with Gasteiger partial charge in [0.2, 0.25) is 10.0 Å². The van der Waals surface area contributed by atoms with E-state index in [1.54, 1.807) is 26.2 Å². The first-order chi connectivity index (χ1) is 9.28. The summed E-state index contributed by atoms with van der Waals surface area (Å²) >= 11 is 0. The lowest BCUT2D eigenvalue weighted by atomic mass is 9.97. The van der Waals surface area contributed by atoms with Gasteiger partial charge in [0, 0.05) is 20.1 Å². The number of nitrogens with one attached hydrogen (secondary N) is 1. The minimum absolute atomic E-state index is 0.286. The molecule has 0 aliphatic heterocycles. The molecule has 1 aromatic rings. The number of hydrogen-bond donors (Lipinski definition) is 1. The molecule has 1 rings (SSSR count). The Morgan fingerprint density at radius 2 is 1.80 bits per heavy atom. The van der Waals surface area contributed by atoms with Gasteiger partial charge in [-0.15, -0.1) is 0 Å². The lowest BCUT2D eigenvalue weighted by molar-refractivity contribution is 0.438. The summed E-state index contributed by atoms with van der Waals surface area (Å²) < 4.78 is 26.0. The van der Waals surface area contributed by atoms with Gasteiger partial charge < -0.3 is 5.32 Å². The molecule has 0 fully saturated rings. The Morgan fingerprint density at radius 3 is 2.30 bits per heavy atom. The van der Waals surface area contributed by atoms with Crippen molar-refractivity contribution in [1.82, 2.24) is 9.62 Å². The van der Waals surface area contributed by atoms with E-state index in [1.165, 1.54) is 4.31 Å². The van der Waals surface area contributed by atoms with E-state index >= 15 is 0 Å². The molecule has 5 heteroatoms. The van der Waals surface area contributed by atoms with E-state index in [1.807, 2.05) is 19.2 Å². The average Bonchev–Trinajstić information content (AvgIpc) is 2.37. The van der Waals surface area contributed by atoms with Gasteiger partial charge in [0.15, 0.2) is 0 Å². The maximum Gasteiger partial charge on any atom is 0.242 e. The number of nitrogens with zero attached hydrogens (tertiary/aromatic N) is 1. The smallest absolute Gasteiger partial charge is 0.242 e. The van der Waals surface area contributed by atoms with Crippen molar-refractivity contribution in [2.45, 2.75) is 37.6 Å². The number of hydrogen-bond acceptors (Lipinski definition) is 3. The van der Waals surface area contributed by atoms with Gasteiger partial charge in [-0.05, 0) is 37.4 Å².